The number of pyridine rings is 1. The van der Waals surface area contributed by atoms with Gasteiger partial charge >= 0.3 is 0 Å². The van der Waals surface area contributed by atoms with Crippen LogP contribution >= 0.6 is 0 Å². The molecule has 1 aliphatic carbocycles. The Hall–Kier alpha value is -3.22. The lowest BCUT2D eigenvalue weighted by Gasteiger charge is -2.25. The van der Waals surface area contributed by atoms with Crippen molar-refractivity contribution in [3.8, 4) is 0 Å². The molecule has 3 aromatic rings. The van der Waals surface area contributed by atoms with Gasteiger partial charge in [-0.15, -0.1) is 0 Å². The van der Waals surface area contributed by atoms with Crippen LogP contribution in [0.15, 0.2) is 52.4 Å². The van der Waals surface area contributed by atoms with Gasteiger partial charge in [-0.1, -0.05) is 18.2 Å². The Morgan fingerprint density at radius 1 is 1.08 bits per heavy atom. The predicted molar refractivity (Wildman–Crippen MR) is 91.9 cm³/mol. The Morgan fingerprint density at radius 3 is 2.92 bits per heavy atom. The number of para-hydroxylation sites is 1. The molecule has 0 spiro atoms. The average molecular weight is 333 g/mol. The van der Waals surface area contributed by atoms with Crippen LogP contribution in [0.5, 0.6) is 0 Å². The SMILES string of the molecule is O=C1CCCC2=C1C(c1ccnc3ccccc13)Nc1nonc1N2. The second kappa shape index (κ2) is 5.41. The molecular formula is C18H15N5O2. The number of hydrogen-bond donors (Lipinski definition) is 2. The van der Waals surface area contributed by atoms with Crippen LogP contribution in [0.3, 0.4) is 0 Å². The van der Waals surface area contributed by atoms with E-state index in [9.17, 15) is 4.79 Å². The van der Waals surface area contributed by atoms with Crippen molar-refractivity contribution in [3.05, 3.63) is 53.4 Å². The van der Waals surface area contributed by atoms with E-state index in [1.807, 2.05) is 30.3 Å². The van der Waals surface area contributed by atoms with Crippen molar-refractivity contribution < 1.29 is 9.42 Å². The fourth-order valence-corrected chi connectivity index (χ4v) is 3.65. The maximum absolute atomic E-state index is 12.8. The number of aromatic nitrogens is 3. The Labute approximate surface area is 143 Å². The fourth-order valence-electron chi connectivity index (χ4n) is 3.65. The molecule has 124 valence electrons. The molecule has 7 heteroatoms. The lowest BCUT2D eigenvalue weighted by Crippen LogP contribution is -2.24. The van der Waals surface area contributed by atoms with Crippen LogP contribution in [0.2, 0.25) is 0 Å². The minimum absolute atomic E-state index is 0.147. The summed E-state index contributed by atoms with van der Waals surface area (Å²) in [7, 11) is 0. The van der Waals surface area contributed by atoms with E-state index in [1.54, 1.807) is 6.20 Å². The second-order valence-corrected chi connectivity index (χ2v) is 6.25. The van der Waals surface area contributed by atoms with Crippen LogP contribution < -0.4 is 10.6 Å². The number of Topliss-reactive ketones (excluding diaryl/α,β-unsaturated/α-hetero) is 1. The molecule has 2 aliphatic rings. The smallest absolute Gasteiger partial charge is 0.219 e. The molecule has 1 aromatic carbocycles. The van der Waals surface area contributed by atoms with Crippen molar-refractivity contribution in [1.82, 2.24) is 15.3 Å². The molecule has 0 fully saturated rings. The van der Waals surface area contributed by atoms with E-state index in [4.69, 9.17) is 4.63 Å². The topological polar surface area (TPSA) is 92.9 Å². The van der Waals surface area contributed by atoms with E-state index in [-0.39, 0.29) is 11.8 Å². The first-order chi connectivity index (χ1) is 12.3. The van der Waals surface area contributed by atoms with Crippen LogP contribution in [0.1, 0.15) is 30.9 Å². The number of rotatable bonds is 1. The Balaban J connectivity index is 1.76. The monoisotopic (exact) mass is 333 g/mol. The van der Waals surface area contributed by atoms with E-state index in [0.29, 0.717) is 18.1 Å². The molecule has 1 atom stereocenters. The zero-order valence-corrected chi connectivity index (χ0v) is 13.3. The number of benzene rings is 1. The zero-order chi connectivity index (χ0) is 16.8. The molecule has 2 N–H and O–H groups in total. The maximum Gasteiger partial charge on any atom is 0.219 e. The summed E-state index contributed by atoms with van der Waals surface area (Å²) < 4.78 is 4.86. The molecule has 25 heavy (non-hydrogen) atoms. The molecule has 0 amide bonds. The van der Waals surface area contributed by atoms with Gasteiger partial charge in [0.1, 0.15) is 0 Å². The normalized spacial score (nSPS) is 19.7. The third kappa shape index (κ3) is 2.20. The molecule has 3 heterocycles. The van der Waals surface area contributed by atoms with Gasteiger partial charge in [0.2, 0.25) is 11.6 Å². The number of carbonyl (C=O) groups is 1. The van der Waals surface area contributed by atoms with E-state index in [2.05, 4.69) is 25.9 Å². The van der Waals surface area contributed by atoms with Gasteiger partial charge in [0.25, 0.3) is 0 Å². The van der Waals surface area contributed by atoms with Crippen LogP contribution in [-0.4, -0.2) is 21.1 Å². The third-order valence-electron chi connectivity index (χ3n) is 4.78. The maximum atomic E-state index is 12.8. The Morgan fingerprint density at radius 2 is 1.96 bits per heavy atom. The lowest BCUT2D eigenvalue weighted by atomic mass is 9.86. The highest BCUT2D eigenvalue weighted by atomic mass is 16.6. The molecule has 0 radical (unpaired) electrons. The molecular weight excluding hydrogens is 318 g/mol. The van der Waals surface area contributed by atoms with Crippen molar-refractivity contribution in [2.24, 2.45) is 0 Å². The summed E-state index contributed by atoms with van der Waals surface area (Å²) in [5.74, 6) is 1.17. The van der Waals surface area contributed by atoms with Crippen LogP contribution in [0, 0.1) is 0 Å². The summed E-state index contributed by atoms with van der Waals surface area (Å²) in [6.07, 6.45) is 3.95. The van der Waals surface area contributed by atoms with Crippen LogP contribution in [-0.2, 0) is 4.79 Å². The summed E-state index contributed by atoms with van der Waals surface area (Å²) in [5, 5.41) is 15.4. The van der Waals surface area contributed by atoms with E-state index in [0.717, 1.165) is 40.6 Å². The fraction of sp³-hybridized carbons (Fsp3) is 0.222. The second-order valence-electron chi connectivity index (χ2n) is 6.25. The van der Waals surface area contributed by atoms with Gasteiger partial charge in [-0.05, 0) is 40.9 Å². The Kier molecular flexibility index (Phi) is 3.06. The molecule has 0 saturated carbocycles. The number of anilines is 2. The van der Waals surface area contributed by atoms with E-state index < -0.39 is 0 Å². The number of nitrogens with zero attached hydrogens (tertiary/aromatic N) is 3. The quantitative estimate of drug-likeness (QED) is 0.706. The number of hydrogen-bond acceptors (Lipinski definition) is 7. The van der Waals surface area contributed by atoms with Crippen LogP contribution in [0.4, 0.5) is 11.6 Å². The number of nitrogens with one attached hydrogen (secondary N) is 2. The molecule has 7 nitrogen and oxygen atoms in total. The Bertz CT molecular complexity index is 1020. The van der Waals surface area contributed by atoms with Crippen molar-refractivity contribution in [2.75, 3.05) is 10.6 Å². The minimum Gasteiger partial charge on any atom is -0.353 e. The van der Waals surface area contributed by atoms with Gasteiger partial charge in [-0.2, -0.15) is 0 Å². The van der Waals surface area contributed by atoms with Crippen molar-refractivity contribution in [1.29, 1.82) is 0 Å². The highest BCUT2D eigenvalue weighted by molar-refractivity contribution is 6.01. The van der Waals surface area contributed by atoms with Crippen LogP contribution in [0.25, 0.3) is 10.9 Å². The standard InChI is InChI=1S/C18H15N5O2/c24-14-7-3-6-13-15(14)16(21-18-17(20-13)22-25-23-18)11-8-9-19-12-5-2-1-4-10(11)12/h1-2,4-5,8-9,16H,3,6-7H2,(H,20,22)(H,21,23). The zero-order valence-electron chi connectivity index (χ0n) is 13.3. The van der Waals surface area contributed by atoms with Crippen molar-refractivity contribution in [3.63, 3.8) is 0 Å². The lowest BCUT2D eigenvalue weighted by molar-refractivity contribution is -0.116. The van der Waals surface area contributed by atoms with Gasteiger partial charge in [0, 0.05) is 29.3 Å². The summed E-state index contributed by atoms with van der Waals surface area (Å²) in [6.45, 7) is 0. The first-order valence-corrected chi connectivity index (χ1v) is 8.27. The van der Waals surface area contributed by atoms with Gasteiger partial charge in [-0.25, -0.2) is 4.63 Å². The van der Waals surface area contributed by atoms with Gasteiger partial charge < -0.3 is 10.6 Å². The molecule has 2 aromatic heterocycles. The molecule has 0 bridgehead atoms. The number of carbonyl (C=O) groups excluding carboxylic acids is 1. The first-order valence-electron chi connectivity index (χ1n) is 8.27. The first kappa shape index (κ1) is 14.2. The number of ketones is 1. The van der Waals surface area contributed by atoms with Crippen molar-refractivity contribution in [2.45, 2.75) is 25.3 Å². The molecule has 1 unspecified atom stereocenters. The highest BCUT2D eigenvalue weighted by Crippen LogP contribution is 2.40. The average Bonchev–Trinajstić information content (AvgIpc) is 3.00. The summed E-state index contributed by atoms with van der Waals surface area (Å²) in [6, 6.07) is 9.55. The molecule has 0 saturated heterocycles. The number of allylic oxidation sites excluding steroid dienone is 1. The predicted octanol–water partition coefficient (Wildman–Crippen LogP) is 3.20. The largest absolute Gasteiger partial charge is 0.353 e. The minimum atomic E-state index is -0.323. The van der Waals surface area contributed by atoms with E-state index in [1.165, 1.54) is 0 Å². The molecule has 1 aliphatic heterocycles. The van der Waals surface area contributed by atoms with Gasteiger partial charge in [0.15, 0.2) is 5.78 Å². The summed E-state index contributed by atoms with van der Waals surface area (Å²) in [5.41, 5.74) is 3.53. The summed E-state index contributed by atoms with van der Waals surface area (Å²) in [4.78, 5) is 17.2. The number of fused-ring (bicyclic) bond motifs is 2. The highest BCUT2D eigenvalue weighted by Gasteiger charge is 2.34. The summed E-state index contributed by atoms with van der Waals surface area (Å²) >= 11 is 0. The van der Waals surface area contributed by atoms with Crippen molar-refractivity contribution >= 4 is 28.3 Å². The van der Waals surface area contributed by atoms with E-state index >= 15 is 0 Å². The third-order valence-corrected chi connectivity index (χ3v) is 4.78. The molecule has 5 rings (SSSR count). The van der Waals surface area contributed by atoms with Gasteiger partial charge in [-0.3, -0.25) is 9.78 Å². The van der Waals surface area contributed by atoms with Gasteiger partial charge in [0.05, 0.1) is 11.6 Å².